The molecule has 18 heavy (non-hydrogen) atoms. The van der Waals surface area contributed by atoms with Gasteiger partial charge in [0.2, 0.25) is 5.91 Å². The number of hydrogen-bond acceptors (Lipinski definition) is 5. The van der Waals surface area contributed by atoms with Gasteiger partial charge in [0.15, 0.2) is 5.69 Å². The lowest BCUT2D eigenvalue weighted by atomic mass is 10.2. The molecule has 1 atom stereocenters. The third kappa shape index (κ3) is 2.93. The van der Waals surface area contributed by atoms with Gasteiger partial charge >= 0.3 is 0 Å². The van der Waals surface area contributed by atoms with Gasteiger partial charge in [0, 0.05) is 26.1 Å². The fourth-order valence-electron chi connectivity index (χ4n) is 1.72. The number of nitrogens with zero attached hydrogens (tertiary/aromatic N) is 2. The van der Waals surface area contributed by atoms with E-state index < -0.39 is 0 Å². The second kappa shape index (κ2) is 5.44. The summed E-state index contributed by atoms with van der Waals surface area (Å²) in [6, 6.07) is 3.30. The van der Waals surface area contributed by atoms with Gasteiger partial charge in [-0.1, -0.05) is 0 Å². The Morgan fingerprint density at radius 3 is 2.89 bits per heavy atom. The third-order valence-corrected chi connectivity index (χ3v) is 2.75. The maximum atomic E-state index is 11.7. The van der Waals surface area contributed by atoms with Gasteiger partial charge in [-0.2, -0.15) is 0 Å². The fraction of sp³-hybridized carbons (Fsp3) is 0.455. The Hall–Kier alpha value is -2.18. The van der Waals surface area contributed by atoms with Crippen molar-refractivity contribution in [1.82, 2.24) is 20.8 Å². The molecule has 0 bridgehead atoms. The largest absolute Gasteiger partial charge is 0.372 e. The lowest BCUT2D eigenvalue weighted by Crippen LogP contribution is -2.38. The third-order valence-electron chi connectivity index (χ3n) is 2.75. The Labute approximate surface area is 104 Å². The van der Waals surface area contributed by atoms with Crippen LogP contribution in [0.25, 0.3) is 0 Å². The highest BCUT2D eigenvalue weighted by Gasteiger charge is 2.21. The van der Waals surface area contributed by atoms with Crippen molar-refractivity contribution in [1.29, 1.82) is 0 Å². The molecule has 2 amide bonds. The number of aromatic nitrogens is 2. The summed E-state index contributed by atoms with van der Waals surface area (Å²) in [6.45, 7) is 0.417. The van der Waals surface area contributed by atoms with Crippen LogP contribution in [0, 0.1) is 0 Å². The van der Waals surface area contributed by atoms with Gasteiger partial charge in [-0.3, -0.25) is 9.59 Å². The first-order valence-corrected chi connectivity index (χ1v) is 5.78. The number of anilines is 1. The van der Waals surface area contributed by atoms with Crippen molar-refractivity contribution >= 4 is 17.6 Å². The van der Waals surface area contributed by atoms with Crippen LogP contribution in [0.1, 0.15) is 23.3 Å². The van der Waals surface area contributed by atoms with Crippen LogP contribution < -0.4 is 16.0 Å². The van der Waals surface area contributed by atoms with Crippen LogP contribution >= 0.6 is 0 Å². The molecule has 2 rings (SSSR count). The number of carbonyl (C=O) groups is 2. The van der Waals surface area contributed by atoms with Crippen LogP contribution in [0.2, 0.25) is 0 Å². The second-order valence-corrected chi connectivity index (χ2v) is 4.07. The van der Waals surface area contributed by atoms with E-state index in [2.05, 4.69) is 26.1 Å². The molecule has 1 fully saturated rings. The molecule has 96 valence electrons. The van der Waals surface area contributed by atoms with Gasteiger partial charge < -0.3 is 16.0 Å². The van der Waals surface area contributed by atoms with Crippen LogP contribution in [0.15, 0.2) is 12.1 Å². The molecule has 0 aromatic carbocycles. The Balaban J connectivity index is 1.85. The number of nitrogens with one attached hydrogen (secondary N) is 3. The van der Waals surface area contributed by atoms with E-state index in [0.717, 1.165) is 6.42 Å². The van der Waals surface area contributed by atoms with Crippen molar-refractivity contribution in [3.8, 4) is 0 Å². The minimum atomic E-state index is -0.286. The van der Waals surface area contributed by atoms with Crippen LogP contribution in [-0.4, -0.2) is 41.6 Å². The van der Waals surface area contributed by atoms with E-state index in [1.165, 1.54) is 0 Å². The zero-order chi connectivity index (χ0) is 13.0. The molecule has 1 unspecified atom stereocenters. The summed E-state index contributed by atoms with van der Waals surface area (Å²) in [6.07, 6.45) is 1.28. The van der Waals surface area contributed by atoms with Gasteiger partial charge in [0.05, 0.1) is 0 Å². The zero-order valence-electron chi connectivity index (χ0n) is 10.1. The maximum absolute atomic E-state index is 11.7. The first-order valence-electron chi connectivity index (χ1n) is 5.78. The van der Waals surface area contributed by atoms with Crippen molar-refractivity contribution in [2.24, 2.45) is 0 Å². The minimum absolute atomic E-state index is 0.0194. The molecule has 2 heterocycles. The molecule has 1 aromatic heterocycles. The second-order valence-electron chi connectivity index (χ2n) is 4.07. The minimum Gasteiger partial charge on any atom is -0.372 e. The quantitative estimate of drug-likeness (QED) is 0.670. The highest BCUT2D eigenvalue weighted by atomic mass is 16.2. The smallest absolute Gasteiger partial charge is 0.271 e. The Kier molecular flexibility index (Phi) is 3.71. The highest BCUT2D eigenvalue weighted by Crippen LogP contribution is 2.05. The highest BCUT2D eigenvalue weighted by molar-refractivity contribution is 5.92. The number of hydrogen-bond donors (Lipinski definition) is 3. The van der Waals surface area contributed by atoms with E-state index in [4.69, 9.17) is 0 Å². The molecule has 1 aliphatic heterocycles. The maximum Gasteiger partial charge on any atom is 0.271 e. The number of carbonyl (C=O) groups excluding carboxylic acids is 2. The average molecular weight is 249 g/mol. The molecule has 1 aromatic rings. The normalized spacial score (nSPS) is 18.3. The first kappa shape index (κ1) is 12.3. The molecule has 0 aliphatic carbocycles. The summed E-state index contributed by atoms with van der Waals surface area (Å²) in [4.78, 5) is 22.7. The molecule has 3 N–H and O–H groups in total. The first-order chi connectivity index (χ1) is 8.69. The molecule has 7 nitrogen and oxygen atoms in total. The van der Waals surface area contributed by atoms with Crippen LogP contribution in [0.3, 0.4) is 0 Å². The predicted molar refractivity (Wildman–Crippen MR) is 65.1 cm³/mol. The Morgan fingerprint density at radius 2 is 2.33 bits per heavy atom. The summed E-state index contributed by atoms with van der Waals surface area (Å²) in [5.41, 5.74) is 0.262. The Bertz CT molecular complexity index is 445. The van der Waals surface area contributed by atoms with E-state index in [1.807, 2.05) is 0 Å². The van der Waals surface area contributed by atoms with Gasteiger partial charge in [-0.05, 0) is 18.6 Å². The van der Waals surface area contributed by atoms with Crippen LogP contribution in [-0.2, 0) is 4.79 Å². The van der Waals surface area contributed by atoms with Crippen LogP contribution in [0.5, 0.6) is 0 Å². The summed E-state index contributed by atoms with van der Waals surface area (Å²) >= 11 is 0. The summed E-state index contributed by atoms with van der Waals surface area (Å²) in [7, 11) is 1.73. The SMILES string of the molecule is CNc1ccc(C(=O)NCC2CCC(=O)N2)nn1. The molecular weight excluding hydrogens is 234 g/mol. The van der Waals surface area contributed by atoms with E-state index in [1.54, 1.807) is 19.2 Å². The van der Waals surface area contributed by atoms with Crippen LogP contribution in [0.4, 0.5) is 5.82 Å². The van der Waals surface area contributed by atoms with E-state index >= 15 is 0 Å². The molecule has 0 radical (unpaired) electrons. The number of amides is 2. The Morgan fingerprint density at radius 1 is 1.50 bits per heavy atom. The topological polar surface area (TPSA) is 96.0 Å². The van der Waals surface area contributed by atoms with Gasteiger partial charge in [0.1, 0.15) is 5.82 Å². The van der Waals surface area contributed by atoms with Crippen molar-refractivity contribution in [3.05, 3.63) is 17.8 Å². The van der Waals surface area contributed by atoms with Gasteiger partial charge in [0.25, 0.3) is 5.91 Å². The standard InChI is InChI=1S/C11H15N5O2/c1-12-9-4-3-8(15-16-9)11(18)13-6-7-2-5-10(17)14-7/h3-4,7H,2,5-6H2,1H3,(H,12,16)(H,13,18)(H,14,17). The van der Waals surface area contributed by atoms with Crippen molar-refractivity contribution in [3.63, 3.8) is 0 Å². The van der Waals surface area contributed by atoms with E-state index in [0.29, 0.717) is 18.8 Å². The lowest BCUT2D eigenvalue weighted by Gasteiger charge is -2.10. The number of rotatable bonds is 4. The van der Waals surface area contributed by atoms with Gasteiger partial charge in [-0.15, -0.1) is 10.2 Å². The van der Waals surface area contributed by atoms with Crippen molar-refractivity contribution in [2.75, 3.05) is 18.9 Å². The molecule has 1 saturated heterocycles. The van der Waals surface area contributed by atoms with E-state index in [-0.39, 0.29) is 23.6 Å². The fourth-order valence-corrected chi connectivity index (χ4v) is 1.72. The predicted octanol–water partition coefficient (Wildman–Crippen LogP) is -0.473. The summed E-state index contributed by atoms with van der Waals surface area (Å²) in [5.74, 6) is 0.355. The molecule has 0 saturated carbocycles. The molecule has 7 heteroatoms. The van der Waals surface area contributed by atoms with Gasteiger partial charge in [-0.25, -0.2) is 0 Å². The molecular formula is C11H15N5O2. The average Bonchev–Trinajstić information content (AvgIpc) is 2.82. The van der Waals surface area contributed by atoms with Crippen molar-refractivity contribution < 1.29 is 9.59 Å². The summed E-state index contributed by atoms with van der Waals surface area (Å²) < 4.78 is 0. The zero-order valence-corrected chi connectivity index (χ0v) is 10.1. The van der Waals surface area contributed by atoms with Crippen molar-refractivity contribution in [2.45, 2.75) is 18.9 Å². The molecule has 0 spiro atoms. The lowest BCUT2D eigenvalue weighted by molar-refractivity contribution is -0.119. The monoisotopic (exact) mass is 249 g/mol. The summed E-state index contributed by atoms with van der Waals surface area (Å²) in [5, 5.41) is 15.9. The van der Waals surface area contributed by atoms with E-state index in [9.17, 15) is 9.59 Å². The molecule has 1 aliphatic rings.